The van der Waals surface area contributed by atoms with Crippen molar-refractivity contribution < 1.29 is 9.90 Å². The van der Waals surface area contributed by atoms with E-state index in [1.165, 1.54) is 0 Å². The second kappa shape index (κ2) is 7.93. The molecule has 1 aromatic carbocycles. The quantitative estimate of drug-likeness (QED) is 0.877. The second-order valence-electron chi connectivity index (χ2n) is 6.94. The van der Waals surface area contributed by atoms with Crippen molar-refractivity contribution in [3.05, 3.63) is 35.9 Å². The van der Waals surface area contributed by atoms with Gasteiger partial charge >= 0.3 is 0 Å². The fourth-order valence-electron chi connectivity index (χ4n) is 3.93. The highest BCUT2D eigenvalue weighted by molar-refractivity contribution is 5.77. The first-order chi connectivity index (χ1) is 11.2. The molecule has 0 bridgehead atoms. The SMILES string of the molecule is O=C(CC1CCNCC1)N1CCCC1CC(O)c1ccccc1. The van der Waals surface area contributed by atoms with Crippen LogP contribution in [0.1, 0.15) is 50.2 Å². The highest BCUT2D eigenvalue weighted by atomic mass is 16.3. The zero-order chi connectivity index (χ0) is 16.1. The van der Waals surface area contributed by atoms with Crippen LogP contribution >= 0.6 is 0 Å². The van der Waals surface area contributed by atoms with E-state index in [2.05, 4.69) is 5.32 Å². The second-order valence-corrected chi connectivity index (χ2v) is 6.94. The first-order valence-corrected chi connectivity index (χ1v) is 8.97. The highest BCUT2D eigenvalue weighted by Crippen LogP contribution is 2.29. The molecule has 23 heavy (non-hydrogen) atoms. The number of piperidine rings is 1. The van der Waals surface area contributed by atoms with Crippen molar-refractivity contribution in [3.63, 3.8) is 0 Å². The van der Waals surface area contributed by atoms with Gasteiger partial charge < -0.3 is 15.3 Å². The predicted octanol–water partition coefficient (Wildman–Crippen LogP) is 2.49. The van der Waals surface area contributed by atoms with Gasteiger partial charge in [0, 0.05) is 19.0 Å². The van der Waals surface area contributed by atoms with Gasteiger partial charge in [0.15, 0.2) is 0 Å². The molecule has 2 aliphatic heterocycles. The third-order valence-electron chi connectivity index (χ3n) is 5.30. The van der Waals surface area contributed by atoms with Crippen molar-refractivity contribution in [1.82, 2.24) is 10.2 Å². The zero-order valence-electron chi connectivity index (χ0n) is 13.8. The fourth-order valence-corrected chi connectivity index (χ4v) is 3.93. The number of hydrogen-bond acceptors (Lipinski definition) is 3. The van der Waals surface area contributed by atoms with Crippen molar-refractivity contribution in [2.75, 3.05) is 19.6 Å². The van der Waals surface area contributed by atoms with Crippen LogP contribution in [0.2, 0.25) is 0 Å². The lowest BCUT2D eigenvalue weighted by Gasteiger charge is -2.29. The maximum Gasteiger partial charge on any atom is 0.223 e. The first-order valence-electron chi connectivity index (χ1n) is 8.97. The van der Waals surface area contributed by atoms with Crippen molar-refractivity contribution in [1.29, 1.82) is 0 Å². The number of amides is 1. The molecule has 2 saturated heterocycles. The Bertz CT molecular complexity index is 499. The molecule has 1 aromatic rings. The molecule has 0 aliphatic carbocycles. The standard InChI is InChI=1S/C19H28N2O2/c22-18(16-5-2-1-3-6-16)14-17-7-4-12-21(17)19(23)13-15-8-10-20-11-9-15/h1-3,5-6,15,17-18,20,22H,4,7-14H2. The van der Waals surface area contributed by atoms with Gasteiger partial charge in [0.2, 0.25) is 5.91 Å². The van der Waals surface area contributed by atoms with E-state index in [9.17, 15) is 9.90 Å². The van der Waals surface area contributed by atoms with Crippen LogP contribution in [0.25, 0.3) is 0 Å². The van der Waals surface area contributed by atoms with E-state index in [1.807, 2.05) is 35.2 Å². The molecule has 0 spiro atoms. The van der Waals surface area contributed by atoms with Crippen LogP contribution in [0.3, 0.4) is 0 Å². The number of nitrogens with zero attached hydrogens (tertiary/aromatic N) is 1. The summed E-state index contributed by atoms with van der Waals surface area (Å²) in [5.41, 5.74) is 0.949. The van der Waals surface area contributed by atoms with Crippen molar-refractivity contribution in [2.24, 2.45) is 5.92 Å². The molecule has 2 unspecified atom stereocenters. The summed E-state index contributed by atoms with van der Waals surface area (Å²) in [6, 6.07) is 9.97. The average molecular weight is 316 g/mol. The van der Waals surface area contributed by atoms with E-state index >= 15 is 0 Å². The number of benzene rings is 1. The lowest BCUT2D eigenvalue weighted by molar-refractivity contribution is -0.133. The Hall–Kier alpha value is -1.39. The summed E-state index contributed by atoms with van der Waals surface area (Å²) in [5.74, 6) is 0.823. The number of aliphatic hydroxyl groups excluding tert-OH is 1. The Balaban J connectivity index is 1.55. The van der Waals surface area contributed by atoms with Gasteiger partial charge in [0.05, 0.1) is 6.10 Å². The minimum atomic E-state index is -0.478. The van der Waals surface area contributed by atoms with Crippen molar-refractivity contribution in [2.45, 2.75) is 50.7 Å². The summed E-state index contributed by atoms with van der Waals surface area (Å²) in [4.78, 5) is 14.7. The van der Waals surface area contributed by atoms with Gasteiger partial charge in [-0.05, 0) is 56.7 Å². The number of hydrogen-bond donors (Lipinski definition) is 2. The lowest BCUT2D eigenvalue weighted by Crippen LogP contribution is -2.38. The molecule has 1 amide bonds. The number of likely N-dealkylation sites (tertiary alicyclic amines) is 1. The Morgan fingerprint density at radius 1 is 1.22 bits per heavy atom. The third kappa shape index (κ3) is 4.33. The molecule has 2 heterocycles. The molecule has 2 aliphatic rings. The van der Waals surface area contributed by atoms with Crippen LogP contribution in [0, 0.1) is 5.92 Å². The normalized spacial score (nSPS) is 23.9. The Morgan fingerprint density at radius 3 is 2.70 bits per heavy atom. The van der Waals surface area contributed by atoms with E-state index < -0.39 is 6.10 Å². The monoisotopic (exact) mass is 316 g/mol. The van der Waals surface area contributed by atoms with Crippen LogP contribution in [0.15, 0.2) is 30.3 Å². The van der Waals surface area contributed by atoms with Gasteiger partial charge in [-0.2, -0.15) is 0 Å². The van der Waals surface area contributed by atoms with Crippen LogP contribution in [0.5, 0.6) is 0 Å². The van der Waals surface area contributed by atoms with Gasteiger partial charge in [-0.25, -0.2) is 0 Å². The molecule has 0 saturated carbocycles. The number of aliphatic hydroxyl groups is 1. The largest absolute Gasteiger partial charge is 0.388 e. The predicted molar refractivity (Wildman–Crippen MR) is 91.0 cm³/mol. The molecule has 3 rings (SSSR count). The molecule has 2 fully saturated rings. The molecule has 0 radical (unpaired) electrons. The summed E-state index contributed by atoms with van der Waals surface area (Å²) in [6.07, 6.45) is 5.15. The lowest BCUT2D eigenvalue weighted by atomic mass is 9.93. The average Bonchev–Trinajstić information content (AvgIpc) is 3.05. The number of nitrogens with one attached hydrogen (secondary N) is 1. The molecule has 2 N–H and O–H groups in total. The van der Waals surface area contributed by atoms with Gasteiger partial charge in [-0.3, -0.25) is 4.79 Å². The summed E-state index contributed by atoms with van der Waals surface area (Å²) in [5, 5.41) is 13.8. The Kier molecular flexibility index (Phi) is 5.68. The van der Waals surface area contributed by atoms with Gasteiger partial charge in [-0.15, -0.1) is 0 Å². The molecule has 0 aromatic heterocycles. The van der Waals surface area contributed by atoms with E-state index in [-0.39, 0.29) is 6.04 Å². The van der Waals surface area contributed by atoms with Crippen LogP contribution in [-0.2, 0) is 4.79 Å². The van der Waals surface area contributed by atoms with Crippen LogP contribution in [-0.4, -0.2) is 41.6 Å². The Morgan fingerprint density at radius 2 is 1.96 bits per heavy atom. The Labute approximate surface area is 138 Å². The van der Waals surface area contributed by atoms with E-state index in [0.29, 0.717) is 24.7 Å². The maximum absolute atomic E-state index is 12.7. The molecule has 4 heteroatoms. The smallest absolute Gasteiger partial charge is 0.223 e. The van der Waals surface area contributed by atoms with Crippen molar-refractivity contribution >= 4 is 5.91 Å². The number of rotatable bonds is 5. The summed E-state index contributed by atoms with van der Waals surface area (Å²) >= 11 is 0. The van der Waals surface area contributed by atoms with Crippen LogP contribution in [0.4, 0.5) is 0 Å². The van der Waals surface area contributed by atoms with Gasteiger partial charge in [0.25, 0.3) is 0 Å². The van der Waals surface area contributed by atoms with E-state index in [4.69, 9.17) is 0 Å². The summed E-state index contributed by atoms with van der Waals surface area (Å²) in [7, 11) is 0. The summed E-state index contributed by atoms with van der Waals surface area (Å²) in [6.45, 7) is 2.93. The molecule has 2 atom stereocenters. The highest BCUT2D eigenvalue weighted by Gasteiger charge is 2.31. The molecule has 4 nitrogen and oxygen atoms in total. The first kappa shape index (κ1) is 16.5. The van der Waals surface area contributed by atoms with E-state index in [1.54, 1.807) is 0 Å². The van der Waals surface area contributed by atoms with Crippen molar-refractivity contribution in [3.8, 4) is 0 Å². The minimum Gasteiger partial charge on any atom is -0.388 e. The minimum absolute atomic E-state index is 0.194. The number of carbonyl (C=O) groups excluding carboxylic acids is 1. The van der Waals surface area contributed by atoms with Gasteiger partial charge in [0.1, 0.15) is 0 Å². The molecule has 126 valence electrons. The fraction of sp³-hybridized carbons (Fsp3) is 0.632. The van der Waals surface area contributed by atoms with Crippen LogP contribution < -0.4 is 5.32 Å². The molecular weight excluding hydrogens is 288 g/mol. The number of carbonyl (C=O) groups is 1. The maximum atomic E-state index is 12.7. The summed E-state index contributed by atoms with van der Waals surface area (Å²) < 4.78 is 0. The molecular formula is C19H28N2O2. The topological polar surface area (TPSA) is 52.6 Å². The van der Waals surface area contributed by atoms with Gasteiger partial charge in [-0.1, -0.05) is 30.3 Å². The zero-order valence-corrected chi connectivity index (χ0v) is 13.8. The third-order valence-corrected chi connectivity index (χ3v) is 5.30. The van der Waals surface area contributed by atoms with E-state index in [0.717, 1.165) is 50.9 Å².